The molecule has 0 aliphatic heterocycles. The van der Waals surface area contributed by atoms with Crippen LogP contribution in [0.5, 0.6) is 0 Å². The molecule has 1 heterocycles. The zero-order chi connectivity index (χ0) is 18.0. The highest BCUT2D eigenvalue weighted by Gasteiger charge is 2.22. The van der Waals surface area contributed by atoms with Crippen molar-refractivity contribution in [2.75, 3.05) is 7.05 Å². The van der Waals surface area contributed by atoms with Gasteiger partial charge in [-0.05, 0) is 35.7 Å². The average molecular weight is 354 g/mol. The third kappa shape index (κ3) is 3.59. The van der Waals surface area contributed by atoms with Gasteiger partial charge in [0.05, 0.1) is 11.6 Å². The standard InChI is InChI=1S/C20H20ClN3O/c1-13-18(12-24(3)23-13)14-4-6-15(7-5-14)19(20(25)22-2)16-8-10-17(21)11-9-16/h4-12,19H,1-3H3,(H,22,25). The molecule has 5 heteroatoms. The van der Waals surface area contributed by atoms with Gasteiger partial charge in [-0.1, -0.05) is 48.0 Å². The molecular formula is C20H20ClN3O. The number of hydrogen-bond donors (Lipinski definition) is 1. The van der Waals surface area contributed by atoms with Gasteiger partial charge >= 0.3 is 0 Å². The van der Waals surface area contributed by atoms with E-state index in [9.17, 15) is 4.79 Å². The Balaban J connectivity index is 1.98. The SMILES string of the molecule is CNC(=O)C(c1ccc(Cl)cc1)c1ccc(-c2cn(C)nc2C)cc1. The molecule has 0 fully saturated rings. The molecule has 4 nitrogen and oxygen atoms in total. The maximum Gasteiger partial charge on any atom is 0.231 e. The summed E-state index contributed by atoms with van der Waals surface area (Å²) in [5, 5.41) is 7.79. The normalized spacial score (nSPS) is 12.0. The number of carbonyl (C=O) groups excluding carboxylic acids is 1. The van der Waals surface area contributed by atoms with E-state index in [4.69, 9.17) is 11.6 Å². The van der Waals surface area contributed by atoms with Crippen LogP contribution in [0.25, 0.3) is 11.1 Å². The van der Waals surface area contributed by atoms with Gasteiger partial charge in [0.15, 0.2) is 0 Å². The second-order valence-corrected chi connectivity index (χ2v) is 6.46. The highest BCUT2D eigenvalue weighted by Crippen LogP contribution is 2.29. The molecule has 3 rings (SSSR count). The second-order valence-electron chi connectivity index (χ2n) is 6.02. The highest BCUT2D eigenvalue weighted by atomic mass is 35.5. The lowest BCUT2D eigenvalue weighted by Gasteiger charge is -2.17. The molecule has 1 atom stereocenters. The van der Waals surface area contributed by atoms with Gasteiger partial charge in [0.2, 0.25) is 5.91 Å². The Morgan fingerprint density at radius 1 is 1.08 bits per heavy atom. The van der Waals surface area contributed by atoms with Gasteiger partial charge in [-0.25, -0.2) is 0 Å². The third-order valence-electron chi connectivity index (χ3n) is 4.28. The number of likely N-dealkylation sites (N-methyl/N-ethyl adjacent to an activating group) is 1. The predicted molar refractivity (Wildman–Crippen MR) is 101 cm³/mol. The van der Waals surface area contributed by atoms with Crippen LogP contribution in [-0.2, 0) is 11.8 Å². The number of nitrogens with zero attached hydrogens (tertiary/aromatic N) is 2. The number of rotatable bonds is 4. The fourth-order valence-corrected chi connectivity index (χ4v) is 3.16. The quantitative estimate of drug-likeness (QED) is 0.772. The molecule has 3 aromatic rings. The van der Waals surface area contributed by atoms with E-state index >= 15 is 0 Å². The van der Waals surface area contributed by atoms with E-state index in [1.54, 1.807) is 23.9 Å². The molecule has 0 bridgehead atoms. The van der Waals surface area contributed by atoms with E-state index in [1.165, 1.54) is 0 Å². The Morgan fingerprint density at radius 2 is 1.64 bits per heavy atom. The molecule has 0 aliphatic rings. The molecule has 1 aromatic heterocycles. The minimum absolute atomic E-state index is 0.0485. The van der Waals surface area contributed by atoms with Gasteiger partial charge in [0, 0.05) is 30.9 Å². The van der Waals surface area contributed by atoms with Crippen LogP contribution in [0.1, 0.15) is 22.7 Å². The zero-order valence-corrected chi connectivity index (χ0v) is 15.2. The molecule has 1 unspecified atom stereocenters. The number of halogens is 1. The number of hydrogen-bond acceptors (Lipinski definition) is 2. The van der Waals surface area contributed by atoms with Crippen molar-refractivity contribution < 1.29 is 4.79 Å². The number of aromatic nitrogens is 2. The summed E-state index contributed by atoms with van der Waals surface area (Å²) < 4.78 is 1.81. The summed E-state index contributed by atoms with van der Waals surface area (Å²) >= 11 is 5.97. The van der Waals surface area contributed by atoms with Crippen molar-refractivity contribution >= 4 is 17.5 Å². The Hall–Kier alpha value is -2.59. The Morgan fingerprint density at radius 3 is 2.12 bits per heavy atom. The van der Waals surface area contributed by atoms with Crippen molar-refractivity contribution in [1.29, 1.82) is 0 Å². The molecule has 2 aromatic carbocycles. The summed E-state index contributed by atoms with van der Waals surface area (Å²) in [5.41, 5.74) is 5.01. The largest absolute Gasteiger partial charge is 0.358 e. The lowest BCUT2D eigenvalue weighted by atomic mass is 9.89. The maximum absolute atomic E-state index is 12.5. The Bertz CT molecular complexity index is 882. The fourth-order valence-electron chi connectivity index (χ4n) is 3.03. The van der Waals surface area contributed by atoms with E-state index in [-0.39, 0.29) is 11.8 Å². The molecule has 0 saturated carbocycles. The van der Waals surface area contributed by atoms with Crippen molar-refractivity contribution in [3.8, 4) is 11.1 Å². The van der Waals surface area contributed by atoms with Gasteiger partial charge in [-0.15, -0.1) is 0 Å². The van der Waals surface area contributed by atoms with Gasteiger partial charge in [0.25, 0.3) is 0 Å². The Kier molecular flexibility index (Phi) is 4.91. The summed E-state index contributed by atoms with van der Waals surface area (Å²) in [4.78, 5) is 12.5. The first kappa shape index (κ1) is 17.2. The molecule has 0 radical (unpaired) electrons. The maximum atomic E-state index is 12.5. The second kappa shape index (κ2) is 7.11. The number of carbonyl (C=O) groups is 1. The summed E-state index contributed by atoms with van der Waals surface area (Å²) in [7, 11) is 3.56. The molecule has 0 aliphatic carbocycles. The summed E-state index contributed by atoms with van der Waals surface area (Å²) in [6.07, 6.45) is 2.00. The van der Waals surface area contributed by atoms with Crippen LogP contribution in [0.4, 0.5) is 0 Å². The first-order valence-electron chi connectivity index (χ1n) is 8.07. The average Bonchev–Trinajstić information content (AvgIpc) is 2.95. The monoisotopic (exact) mass is 353 g/mol. The highest BCUT2D eigenvalue weighted by molar-refractivity contribution is 6.30. The van der Waals surface area contributed by atoms with E-state index in [0.717, 1.165) is 27.9 Å². The molecule has 0 spiro atoms. The van der Waals surface area contributed by atoms with Crippen LogP contribution in [0.15, 0.2) is 54.7 Å². The first-order chi connectivity index (χ1) is 12.0. The number of amides is 1. The van der Waals surface area contributed by atoms with Gasteiger partial charge in [-0.2, -0.15) is 5.10 Å². The van der Waals surface area contributed by atoms with E-state index in [0.29, 0.717) is 5.02 Å². The third-order valence-corrected chi connectivity index (χ3v) is 4.53. The van der Waals surface area contributed by atoms with Crippen molar-refractivity contribution in [3.05, 3.63) is 76.6 Å². The fraction of sp³-hybridized carbons (Fsp3) is 0.200. The minimum Gasteiger partial charge on any atom is -0.358 e. The smallest absolute Gasteiger partial charge is 0.231 e. The number of aryl methyl sites for hydroxylation is 2. The van der Waals surface area contributed by atoms with E-state index < -0.39 is 0 Å². The molecule has 1 amide bonds. The van der Waals surface area contributed by atoms with Gasteiger partial charge in [-0.3, -0.25) is 9.48 Å². The predicted octanol–water partition coefficient (Wildman–Crippen LogP) is 3.93. The zero-order valence-electron chi connectivity index (χ0n) is 14.5. The van der Waals surface area contributed by atoms with E-state index in [2.05, 4.69) is 10.4 Å². The summed E-state index contributed by atoms with van der Waals surface area (Å²) in [6.45, 7) is 1.99. The van der Waals surface area contributed by atoms with E-state index in [1.807, 2.05) is 56.6 Å². The number of benzene rings is 2. The lowest BCUT2D eigenvalue weighted by Crippen LogP contribution is -2.26. The van der Waals surface area contributed by atoms with Crippen molar-refractivity contribution in [1.82, 2.24) is 15.1 Å². The van der Waals surface area contributed by atoms with Crippen molar-refractivity contribution in [2.45, 2.75) is 12.8 Å². The summed E-state index contributed by atoms with van der Waals surface area (Å²) in [5.74, 6) is -0.418. The van der Waals surface area contributed by atoms with Gasteiger partial charge in [0.1, 0.15) is 0 Å². The molecule has 1 N–H and O–H groups in total. The van der Waals surface area contributed by atoms with Crippen LogP contribution < -0.4 is 5.32 Å². The molecule has 0 saturated heterocycles. The van der Waals surface area contributed by atoms with Crippen LogP contribution in [0, 0.1) is 6.92 Å². The molecule has 25 heavy (non-hydrogen) atoms. The molecule has 128 valence electrons. The van der Waals surface area contributed by atoms with Crippen LogP contribution in [0.2, 0.25) is 5.02 Å². The Labute approximate surface area is 152 Å². The van der Waals surface area contributed by atoms with Crippen LogP contribution in [0.3, 0.4) is 0 Å². The number of nitrogens with one attached hydrogen (secondary N) is 1. The molecular weight excluding hydrogens is 334 g/mol. The lowest BCUT2D eigenvalue weighted by molar-refractivity contribution is -0.121. The van der Waals surface area contributed by atoms with Crippen molar-refractivity contribution in [2.24, 2.45) is 7.05 Å². The minimum atomic E-state index is -0.369. The van der Waals surface area contributed by atoms with Crippen molar-refractivity contribution in [3.63, 3.8) is 0 Å². The van der Waals surface area contributed by atoms with Crippen LogP contribution >= 0.6 is 11.6 Å². The first-order valence-corrected chi connectivity index (χ1v) is 8.45. The van der Waals surface area contributed by atoms with Gasteiger partial charge < -0.3 is 5.32 Å². The summed E-state index contributed by atoms with van der Waals surface area (Å²) in [6, 6.07) is 15.5. The topological polar surface area (TPSA) is 46.9 Å². The van der Waals surface area contributed by atoms with Crippen LogP contribution in [-0.4, -0.2) is 22.7 Å².